The van der Waals surface area contributed by atoms with Crippen LogP contribution in [0.5, 0.6) is 5.75 Å². The highest BCUT2D eigenvalue weighted by Gasteiger charge is 2.29. The number of ether oxygens (including phenoxy) is 1. The fourth-order valence-electron chi connectivity index (χ4n) is 2.34. The molecule has 0 heterocycles. The van der Waals surface area contributed by atoms with Crippen molar-refractivity contribution in [2.45, 2.75) is 33.2 Å². The van der Waals surface area contributed by atoms with Crippen molar-refractivity contribution in [3.8, 4) is 5.75 Å². The van der Waals surface area contributed by atoms with E-state index >= 15 is 0 Å². The first-order valence-corrected chi connectivity index (χ1v) is 6.57. The average molecular weight is 265 g/mol. The minimum absolute atomic E-state index is 0.0142. The molecule has 0 bridgehead atoms. The standard InChI is InChI=1S/C15H23NO3/c1-5-10-8-11(6-7-12(10)19-4)14(16)13(9(2)3)15(17)18/h6-9,13-14H,5,16H2,1-4H3,(H,17,18). The summed E-state index contributed by atoms with van der Waals surface area (Å²) in [6, 6.07) is 5.14. The van der Waals surface area contributed by atoms with Crippen LogP contribution in [-0.4, -0.2) is 18.2 Å². The van der Waals surface area contributed by atoms with E-state index in [1.54, 1.807) is 7.11 Å². The van der Waals surface area contributed by atoms with E-state index in [0.717, 1.165) is 23.3 Å². The molecule has 19 heavy (non-hydrogen) atoms. The Morgan fingerprint density at radius 1 is 1.42 bits per heavy atom. The number of aryl methyl sites for hydroxylation is 1. The van der Waals surface area contributed by atoms with E-state index in [2.05, 4.69) is 0 Å². The van der Waals surface area contributed by atoms with Crippen LogP contribution in [0.4, 0.5) is 0 Å². The van der Waals surface area contributed by atoms with Crippen LogP contribution in [0.25, 0.3) is 0 Å². The maximum Gasteiger partial charge on any atom is 0.308 e. The zero-order valence-corrected chi connectivity index (χ0v) is 12.0. The Hall–Kier alpha value is -1.55. The molecule has 106 valence electrons. The normalized spacial score (nSPS) is 14.2. The van der Waals surface area contributed by atoms with Crippen molar-refractivity contribution in [2.24, 2.45) is 17.6 Å². The predicted octanol–water partition coefficient (Wildman–Crippen LogP) is 2.61. The minimum atomic E-state index is -0.851. The van der Waals surface area contributed by atoms with Gasteiger partial charge in [-0.05, 0) is 29.5 Å². The summed E-state index contributed by atoms with van der Waals surface area (Å²) < 4.78 is 5.27. The van der Waals surface area contributed by atoms with Crippen LogP contribution in [0, 0.1) is 11.8 Å². The molecule has 0 spiro atoms. The molecule has 3 N–H and O–H groups in total. The molecule has 1 rings (SSSR count). The van der Waals surface area contributed by atoms with Crippen LogP contribution >= 0.6 is 0 Å². The monoisotopic (exact) mass is 265 g/mol. The van der Waals surface area contributed by atoms with E-state index in [1.165, 1.54) is 0 Å². The molecule has 0 aliphatic rings. The van der Waals surface area contributed by atoms with Crippen LogP contribution in [0.3, 0.4) is 0 Å². The molecule has 0 amide bonds. The second-order valence-corrected chi connectivity index (χ2v) is 5.06. The number of benzene rings is 1. The van der Waals surface area contributed by atoms with Gasteiger partial charge in [0.1, 0.15) is 5.75 Å². The number of aliphatic carboxylic acids is 1. The van der Waals surface area contributed by atoms with Gasteiger partial charge < -0.3 is 15.6 Å². The summed E-state index contributed by atoms with van der Waals surface area (Å²) in [5.41, 5.74) is 8.03. The largest absolute Gasteiger partial charge is 0.496 e. The topological polar surface area (TPSA) is 72.6 Å². The van der Waals surface area contributed by atoms with Crippen LogP contribution in [-0.2, 0) is 11.2 Å². The molecule has 4 nitrogen and oxygen atoms in total. The van der Waals surface area contributed by atoms with Gasteiger partial charge in [0.2, 0.25) is 0 Å². The van der Waals surface area contributed by atoms with Crippen molar-refractivity contribution in [3.05, 3.63) is 29.3 Å². The lowest BCUT2D eigenvalue weighted by Crippen LogP contribution is -2.32. The van der Waals surface area contributed by atoms with E-state index < -0.39 is 17.9 Å². The maximum atomic E-state index is 11.3. The van der Waals surface area contributed by atoms with Crippen molar-refractivity contribution in [1.82, 2.24) is 0 Å². The summed E-state index contributed by atoms with van der Waals surface area (Å²) in [5.74, 6) is -0.635. The lowest BCUT2D eigenvalue weighted by atomic mass is 9.84. The fourth-order valence-corrected chi connectivity index (χ4v) is 2.34. The summed E-state index contributed by atoms with van der Waals surface area (Å²) in [6.07, 6.45) is 0.823. The Balaban J connectivity index is 3.11. The molecule has 2 unspecified atom stereocenters. The smallest absolute Gasteiger partial charge is 0.308 e. The molecule has 0 fully saturated rings. The second-order valence-electron chi connectivity index (χ2n) is 5.06. The van der Waals surface area contributed by atoms with Crippen molar-refractivity contribution >= 4 is 5.97 Å². The molecule has 0 aromatic heterocycles. The van der Waals surface area contributed by atoms with Crippen molar-refractivity contribution in [2.75, 3.05) is 7.11 Å². The van der Waals surface area contributed by atoms with Gasteiger partial charge >= 0.3 is 5.97 Å². The van der Waals surface area contributed by atoms with Gasteiger partial charge in [-0.25, -0.2) is 0 Å². The molecule has 2 atom stereocenters. The highest BCUT2D eigenvalue weighted by atomic mass is 16.5. The van der Waals surface area contributed by atoms with Gasteiger partial charge in [0, 0.05) is 6.04 Å². The Morgan fingerprint density at radius 2 is 2.05 bits per heavy atom. The van der Waals surface area contributed by atoms with Gasteiger partial charge in [-0.2, -0.15) is 0 Å². The quantitative estimate of drug-likeness (QED) is 0.829. The molecule has 0 aliphatic carbocycles. The number of hydrogen-bond acceptors (Lipinski definition) is 3. The number of carboxylic acids is 1. The number of carboxylic acid groups (broad SMARTS) is 1. The lowest BCUT2D eigenvalue weighted by Gasteiger charge is -2.24. The fraction of sp³-hybridized carbons (Fsp3) is 0.533. The third-order valence-corrected chi connectivity index (χ3v) is 3.46. The minimum Gasteiger partial charge on any atom is -0.496 e. The zero-order chi connectivity index (χ0) is 14.6. The molecule has 0 saturated heterocycles. The van der Waals surface area contributed by atoms with Crippen LogP contribution < -0.4 is 10.5 Å². The number of carbonyl (C=O) groups is 1. The van der Waals surface area contributed by atoms with Crippen LogP contribution in [0.2, 0.25) is 0 Å². The van der Waals surface area contributed by atoms with Gasteiger partial charge in [0.05, 0.1) is 13.0 Å². The summed E-state index contributed by atoms with van der Waals surface area (Å²) in [7, 11) is 1.63. The molecule has 1 aromatic carbocycles. The first-order chi connectivity index (χ1) is 8.92. The highest BCUT2D eigenvalue weighted by molar-refractivity contribution is 5.71. The van der Waals surface area contributed by atoms with Crippen molar-refractivity contribution in [3.63, 3.8) is 0 Å². The molecule has 0 saturated carbocycles. The Bertz CT molecular complexity index is 443. The SMILES string of the molecule is CCc1cc(C(N)C(C(=O)O)C(C)C)ccc1OC. The number of methoxy groups -OCH3 is 1. The van der Waals surface area contributed by atoms with Gasteiger partial charge in [0.15, 0.2) is 0 Å². The van der Waals surface area contributed by atoms with Crippen molar-refractivity contribution in [1.29, 1.82) is 0 Å². The molecule has 4 heteroatoms. The molecular weight excluding hydrogens is 242 g/mol. The van der Waals surface area contributed by atoms with Gasteiger partial charge in [-0.3, -0.25) is 4.79 Å². The van der Waals surface area contributed by atoms with E-state index in [4.69, 9.17) is 10.5 Å². The first kappa shape index (κ1) is 15.5. The second kappa shape index (κ2) is 6.57. The number of hydrogen-bond donors (Lipinski definition) is 2. The third-order valence-electron chi connectivity index (χ3n) is 3.46. The molecule has 0 aliphatic heterocycles. The van der Waals surface area contributed by atoms with Gasteiger partial charge in [-0.15, -0.1) is 0 Å². The van der Waals surface area contributed by atoms with Crippen molar-refractivity contribution < 1.29 is 14.6 Å². The zero-order valence-electron chi connectivity index (χ0n) is 12.0. The summed E-state index contributed by atoms with van der Waals surface area (Å²) in [4.78, 5) is 11.3. The maximum absolute atomic E-state index is 11.3. The Morgan fingerprint density at radius 3 is 2.47 bits per heavy atom. The number of rotatable bonds is 6. The average Bonchev–Trinajstić information content (AvgIpc) is 2.36. The van der Waals surface area contributed by atoms with E-state index in [1.807, 2.05) is 39.0 Å². The van der Waals surface area contributed by atoms with E-state index in [-0.39, 0.29) is 5.92 Å². The Labute approximate surface area is 114 Å². The highest BCUT2D eigenvalue weighted by Crippen LogP contribution is 2.29. The molecule has 1 aromatic rings. The van der Waals surface area contributed by atoms with E-state index in [9.17, 15) is 9.90 Å². The Kier molecular flexibility index (Phi) is 5.36. The third kappa shape index (κ3) is 3.47. The molecule has 0 radical (unpaired) electrons. The van der Waals surface area contributed by atoms with E-state index in [0.29, 0.717) is 0 Å². The first-order valence-electron chi connectivity index (χ1n) is 6.57. The predicted molar refractivity (Wildman–Crippen MR) is 75.3 cm³/mol. The van der Waals surface area contributed by atoms with Gasteiger partial charge in [0.25, 0.3) is 0 Å². The lowest BCUT2D eigenvalue weighted by molar-refractivity contribution is -0.144. The van der Waals surface area contributed by atoms with Crippen LogP contribution in [0.1, 0.15) is 37.9 Å². The number of nitrogens with two attached hydrogens (primary N) is 1. The molecular formula is C15H23NO3. The summed E-state index contributed by atoms with van der Waals surface area (Å²) in [5, 5.41) is 9.30. The van der Waals surface area contributed by atoms with Gasteiger partial charge in [-0.1, -0.05) is 32.9 Å². The summed E-state index contributed by atoms with van der Waals surface area (Å²) in [6.45, 7) is 5.79. The summed E-state index contributed by atoms with van der Waals surface area (Å²) >= 11 is 0. The van der Waals surface area contributed by atoms with Crippen LogP contribution in [0.15, 0.2) is 18.2 Å².